The second-order valence-corrected chi connectivity index (χ2v) is 3.30. The van der Waals surface area contributed by atoms with E-state index in [1.54, 1.807) is 6.08 Å². The summed E-state index contributed by atoms with van der Waals surface area (Å²) in [5.74, 6) is 0. The fourth-order valence-electron chi connectivity index (χ4n) is 0.963. The smallest absolute Gasteiger partial charge is 0.00506 e. The Labute approximate surface area is 138 Å². The molecule has 2 rings (SSSR count). The largest absolute Gasteiger partial charge is 1.00 e. The first kappa shape index (κ1) is 23.0. The van der Waals surface area contributed by atoms with E-state index in [1.165, 1.54) is 12.8 Å². The van der Waals surface area contributed by atoms with E-state index >= 15 is 0 Å². The Morgan fingerprint density at radius 1 is 0.833 bits per heavy atom. The molecule has 0 aromatic rings. The quantitative estimate of drug-likeness (QED) is 0.688. The van der Waals surface area contributed by atoms with Crippen LogP contribution in [-0.2, 0) is 26.2 Å². The normalized spacial score (nSPS) is 12.5. The van der Waals surface area contributed by atoms with Crippen molar-refractivity contribution in [1.82, 2.24) is 0 Å². The van der Waals surface area contributed by atoms with Crippen LogP contribution in [0.25, 0.3) is 0 Å². The van der Waals surface area contributed by atoms with Crippen molar-refractivity contribution in [2.45, 2.75) is 26.2 Å². The van der Waals surface area contributed by atoms with Crippen molar-refractivity contribution in [3.63, 3.8) is 0 Å². The molecule has 2 aliphatic rings. The van der Waals surface area contributed by atoms with Gasteiger partial charge in [0.05, 0.1) is 0 Å². The van der Waals surface area contributed by atoms with Crippen LogP contribution in [0, 0.1) is 19.4 Å². The summed E-state index contributed by atoms with van der Waals surface area (Å²) in [6.07, 6.45) is 25.3. The number of hydrogen-bond donors (Lipinski definition) is 0. The van der Waals surface area contributed by atoms with Crippen molar-refractivity contribution in [1.29, 1.82) is 0 Å². The first-order valence-corrected chi connectivity index (χ1v) is 5.78. The van der Waals surface area contributed by atoms with E-state index in [4.69, 9.17) is 6.58 Å². The second kappa shape index (κ2) is 22.1. The molecule has 0 unspecified atom stereocenters. The van der Waals surface area contributed by atoms with Gasteiger partial charge >= 0.3 is 0 Å². The number of unbranched alkanes of at least 4 members (excludes halogenated alkanes) is 2. The Morgan fingerprint density at radius 2 is 1.22 bits per heavy atom. The van der Waals surface area contributed by atoms with Crippen LogP contribution in [-0.4, -0.2) is 0 Å². The topological polar surface area (TPSA) is 0 Å². The van der Waals surface area contributed by atoms with Gasteiger partial charge < -0.3 is 12.4 Å². The SMILES string of the molecule is [CH]1C=CC=C1.[CH]1C=CC=C1.[CH]=CCCCC.[Cl-].[Zr]. The van der Waals surface area contributed by atoms with Crippen LogP contribution < -0.4 is 12.4 Å². The van der Waals surface area contributed by atoms with Crippen molar-refractivity contribution in [3.05, 3.63) is 74.1 Å². The zero-order chi connectivity index (χ0) is 11.9. The van der Waals surface area contributed by atoms with Gasteiger partial charge in [-0.25, -0.2) is 0 Å². The van der Waals surface area contributed by atoms with Gasteiger partial charge in [-0.2, -0.15) is 0 Å². The summed E-state index contributed by atoms with van der Waals surface area (Å²) in [7, 11) is 0. The molecule has 2 aliphatic carbocycles. The Kier molecular flexibility index (Phi) is 28.2. The fourth-order valence-corrected chi connectivity index (χ4v) is 0.963. The third kappa shape index (κ3) is 21.2. The fraction of sp³-hybridized carbons (Fsp3) is 0.250. The molecule has 0 heterocycles. The van der Waals surface area contributed by atoms with Crippen molar-refractivity contribution in [2.75, 3.05) is 0 Å². The van der Waals surface area contributed by atoms with Gasteiger partial charge in [-0.15, -0.1) is 0 Å². The van der Waals surface area contributed by atoms with E-state index in [0.29, 0.717) is 0 Å². The van der Waals surface area contributed by atoms with E-state index in [1.807, 2.05) is 61.4 Å². The third-order valence-corrected chi connectivity index (χ3v) is 1.84. The zero-order valence-corrected chi connectivity index (χ0v) is 14.1. The Morgan fingerprint density at radius 3 is 1.33 bits per heavy atom. The summed E-state index contributed by atoms with van der Waals surface area (Å²) in [4.78, 5) is 0. The minimum absolute atomic E-state index is 0. The molecule has 18 heavy (non-hydrogen) atoms. The molecular weight excluding hydrogens is 319 g/mol. The minimum atomic E-state index is 0. The van der Waals surface area contributed by atoms with Crippen LogP contribution in [0.4, 0.5) is 0 Å². The van der Waals surface area contributed by atoms with Gasteiger partial charge in [0.1, 0.15) is 0 Å². The van der Waals surface area contributed by atoms with Gasteiger partial charge in [0.25, 0.3) is 0 Å². The summed E-state index contributed by atoms with van der Waals surface area (Å²) in [5, 5.41) is 0. The Hall–Kier alpha value is -0.127. The molecular formula is C16H21ClZr-. The second-order valence-electron chi connectivity index (χ2n) is 3.30. The monoisotopic (exact) mass is 338 g/mol. The summed E-state index contributed by atoms with van der Waals surface area (Å²) in [6, 6.07) is 0. The van der Waals surface area contributed by atoms with Crippen molar-refractivity contribution in [3.8, 4) is 0 Å². The molecule has 0 saturated heterocycles. The maximum atomic E-state index is 5.09. The van der Waals surface area contributed by atoms with Crippen molar-refractivity contribution < 1.29 is 38.6 Å². The summed E-state index contributed by atoms with van der Waals surface area (Å²) in [5.41, 5.74) is 0. The molecule has 0 aromatic heterocycles. The van der Waals surface area contributed by atoms with Crippen LogP contribution in [0.5, 0.6) is 0 Å². The third-order valence-electron chi connectivity index (χ3n) is 1.84. The molecule has 0 nitrogen and oxygen atoms in total. The first-order chi connectivity index (χ1) is 7.91. The molecule has 3 radical (unpaired) electrons. The summed E-state index contributed by atoms with van der Waals surface area (Å²) in [6.45, 7) is 7.25. The van der Waals surface area contributed by atoms with Crippen LogP contribution in [0.3, 0.4) is 0 Å². The van der Waals surface area contributed by atoms with Gasteiger partial charge in [-0.3, -0.25) is 0 Å². The van der Waals surface area contributed by atoms with E-state index in [9.17, 15) is 0 Å². The molecule has 0 N–H and O–H groups in total. The van der Waals surface area contributed by atoms with E-state index in [-0.39, 0.29) is 38.6 Å². The molecule has 0 spiro atoms. The Balaban J connectivity index is -0.000000178. The first-order valence-electron chi connectivity index (χ1n) is 5.78. The van der Waals surface area contributed by atoms with Crippen molar-refractivity contribution in [2.24, 2.45) is 0 Å². The maximum absolute atomic E-state index is 5.09. The number of halogens is 1. The van der Waals surface area contributed by atoms with Crippen LogP contribution in [0.15, 0.2) is 54.7 Å². The average Bonchev–Trinajstić information content (AvgIpc) is 3.00. The van der Waals surface area contributed by atoms with Gasteiger partial charge in [-0.05, 0) is 6.42 Å². The predicted molar refractivity (Wildman–Crippen MR) is 73.6 cm³/mol. The van der Waals surface area contributed by atoms with E-state index in [0.717, 1.165) is 6.42 Å². The van der Waals surface area contributed by atoms with E-state index in [2.05, 4.69) is 6.92 Å². The Bertz CT molecular complexity index is 220. The van der Waals surface area contributed by atoms with Gasteiger partial charge in [0.15, 0.2) is 0 Å². The van der Waals surface area contributed by atoms with Gasteiger partial charge in [0, 0.05) is 39.0 Å². The summed E-state index contributed by atoms with van der Waals surface area (Å²) >= 11 is 0. The molecule has 2 heteroatoms. The van der Waals surface area contributed by atoms with Crippen LogP contribution in [0.1, 0.15) is 26.2 Å². The maximum Gasteiger partial charge on any atom is 0.00506 e. The molecule has 0 atom stereocenters. The molecule has 0 amide bonds. The molecule has 0 bridgehead atoms. The van der Waals surface area contributed by atoms with Crippen LogP contribution in [0.2, 0.25) is 0 Å². The molecule has 97 valence electrons. The van der Waals surface area contributed by atoms with E-state index < -0.39 is 0 Å². The minimum Gasteiger partial charge on any atom is -1.00 e. The molecule has 0 aromatic carbocycles. The number of hydrogen-bond acceptors (Lipinski definition) is 0. The standard InChI is InChI=1S/C6H11.2C5H5.ClH.Zr/c1-3-5-6-4-2;2*1-2-4-5-3-1;;/h1,3H,4-6H2,2H3;2*1-5H;1H;/p-1. The molecule has 0 fully saturated rings. The number of rotatable bonds is 3. The summed E-state index contributed by atoms with van der Waals surface area (Å²) < 4.78 is 0. The van der Waals surface area contributed by atoms with Gasteiger partial charge in [-0.1, -0.05) is 81.0 Å². The predicted octanol–water partition coefficient (Wildman–Crippen LogP) is 1.80. The number of allylic oxidation sites excluding steroid dienone is 9. The molecule has 0 aliphatic heterocycles. The molecule has 0 saturated carbocycles. The van der Waals surface area contributed by atoms with Gasteiger partial charge in [0.2, 0.25) is 0 Å². The zero-order valence-electron chi connectivity index (χ0n) is 10.9. The van der Waals surface area contributed by atoms with Crippen molar-refractivity contribution >= 4 is 0 Å². The van der Waals surface area contributed by atoms with Crippen LogP contribution >= 0.6 is 0 Å². The average molecular weight is 340 g/mol.